The number of carboxylic acids is 1. The van der Waals surface area contributed by atoms with Crippen molar-refractivity contribution in [2.24, 2.45) is 0 Å². The van der Waals surface area contributed by atoms with E-state index in [4.69, 9.17) is 0 Å². The largest absolute Gasteiger partial charge is 0.480 e. The molecule has 5 N–H and O–H groups in total. The van der Waals surface area contributed by atoms with Crippen LogP contribution in [0.4, 0.5) is 10.6 Å². The van der Waals surface area contributed by atoms with E-state index < -0.39 is 17.6 Å². The van der Waals surface area contributed by atoms with Gasteiger partial charge >= 0.3 is 12.0 Å². The second-order valence-electron chi connectivity index (χ2n) is 9.79. The van der Waals surface area contributed by atoms with Crippen molar-refractivity contribution in [2.45, 2.75) is 63.5 Å². The number of rotatable bonds is 11. The summed E-state index contributed by atoms with van der Waals surface area (Å²) in [4.78, 5) is 43.6. The smallest absolute Gasteiger partial charge is 0.323 e. The summed E-state index contributed by atoms with van der Waals surface area (Å²) in [6.45, 7) is 4.35. The van der Waals surface area contributed by atoms with Gasteiger partial charge in [-0.25, -0.2) is 9.78 Å². The number of pyridine rings is 1. The molecule has 1 saturated heterocycles. The molecule has 0 radical (unpaired) electrons. The first-order valence-electron chi connectivity index (χ1n) is 12.9. The van der Waals surface area contributed by atoms with Gasteiger partial charge in [-0.2, -0.15) is 0 Å². The topological polar surface area (TPSA) is 147 Å². The molecule has 3 amide bonds. The molecule has 2 aliphatic rings. The fourth-order valence-corrected chi connectivity index (χ4v) is 4.70. The van der Waals surface area contributed by atoms with E-state index in [1.165, 1.54) is 12.5 Å². The van der Waals surface area contributed by atoms with Gasteiger partial charge in [-0.1, -0.05) is 6.07 Å². The molecule has 36 heavy (non-hydrogen) atoms. The average molecular weight is 505 g/mol. The highest BCUT2D eigenvalue weighted by atomic mass is 16.4. The lowest BCUT2D eigenvalue weighted by Gasteiger charge is -2.41. The van der Waals surface area contributed by atoms with Gasteiger partial charge in [0.1, 0.15) is 11.9 Å². The highest BCUT2D eigenvalue weighted by molar-refractivity contribution is 5.76. The van der Waals surface area contributed by atoms with Crippen LogP contribution in [0.3, 0.4) is 0 Å². The maximum absolute atomic E-state index is 12.6. The first-order valence-corrected chi connectivity index (χ1v) is 12.9. The number of piperidine rings is 1. The van der Waals surface area contributed by atoms with Gasteiger partial charge in [0, 0.05) is 52.4 Å². The van der Waals surface area contributed by atoms with E-state index in [9.17, 15) is 24.6 Å². The zero-order valence-electron chi connectivity index (χ0n) is 21.4. The van der Waals surface area contributed by atoms with Crippen molar-refractivity contribution in [2.75, 3.05) is 51.6 Å². The summed E-state index contributed by atoms with van der Waals surface area (Å²) in [5.41, 5.74) is 0.811. The number of likely N-dealkylation sites (tertiary alicyclic amines) is 1. The SMILES string of the molecule is CC(=O)N(C)CCCNC(C(=O)O)C1(O)CCN(C(=O)NCCCc2ccc3c(n2)NCCC3)CC1. The molecule has 3 heterocycles. The van der Waals surface area contributed by atoms with Crippen molar-refractivity contribution in [3.05, 3.63) is 23.4 Å². The fourth-order valence-electron chi connectivity index (χ4n) is 4.70. The number of carboxylic acid groups (broad SMARTS) is 1. The standard InChI is InChI=1S/C25H40N6O5/c1-18(32)30(2)15-5-14-26-21(23(33)34)25(36)10-16-31(17-11-25)24(35)28-13-4-7-20-9-8-19-6-3-12-27-22(19)29-20/h8-9,21,26,36H,3-7,10-17H2,1-2H3,(H,27,29)(H,28,35)(H,33,34). The number of nitrogens with zero attached hydrogens (tertiary/aromatic N) is 3. The highest BCUT2D eigenvalue weighted by Crippen LogP contribution is 2.26. The molecule has 1 aromatic heterocycles. The third-order valence-corrected chi connectivity index (χ3v) is 7.09. The Morgan fingerprint density at radius 2 is 1.97 bits per heavy atom. The van der Waals surface area contributed by atoms with Crippen molar-refractivity contribution in [1.82, 2.24) is 25.4 Å². The number of aliphatic carboxylic acids is 1. The molecule has 1 atom stereocenters. The van der Waals surface area contributed by atoms with Crippen LogP contribution in [0.1, 0.15) is 50.3 Å². The molecule has 1 fully saturated rings. The number of hydrogen-bond acceptors (Lipinski definition) is 7. The predicted molar refractivity (Wildman–Crippen MR) is 136 cm³/mol. The van der Waals surface area contributed by atoms with E-state index in [1.54, 1.807) is 16.8 Å². The Morgan fingerprint density at radius 3 is 2.67 bits per heavy atom. The van der Waals surface area contributed by atoms with Crippen molar-refractivity contribution in [1.29, 1.82) is 0 Å². The second-order valence-corrected chi connectivity index (χ2v) is 9.79. The van der Waals surface area contributed by atoms with E-state index in [-0.39, 0.29) is 37.9 Å². The molecule has 11 nitrogen and oxygen atoms in total. The number of amides is 3. The van der Waals surface area contributed by atoms with Crippen LogP contribution in [0.2, 0.25) is 0 Å². The summed E-state index contributed by atoms with van der Waals surface area (Å²) in [6.07, 6.45) is 4.62. The molecule has 0 aromatic carbocycles. The summed E-state index contributed by atoms with van der Waals surface area (Å²) in [5.74, 6) is -0.205. The quantitative estimate of drug-likeness (QED) is 0.278. The zero-order valence-corrected chi connectivity index (χ0v) is 21.4. The maximum atomic E-state index is 12.6. The number of aryl methyl sites for hydroxylation is 2. The summed E-state index contributed by atoms with van der Waals surface area (Å²) in [7, 11) is 1.69. The number of carbonyl (C=O) groups excluding carboxylic acids is 2. The van der Waals surface area contributed by atoms with E-state index in [0.29, 0.717) is 26.1 Å². The van der Waals surface area contributed by atoms with Gasteiger partial charge in [-0.05, 0) is 63.1 Å². The predicted octanol–water partition coefficient (Wildman–Crippen LogP) is 0.820. The molecule has 0 aliphatic carbocycles. The van der Waals surface area contributed by atoms with Crippen LogP contribution in [0.25, 0.3) is 0 Å². The highest BCUT2D eigenvalue weighted by Gasteiger charge is 2.44. The first-order chi connectivity index (χ1) is 17.2. The van der Waals surface area contributed by atoms with Crippen LogP contribution in [0.15, 0.2) is 12.1 Å². The molecule has 0 spiro atoms. The number of urea groups is 1. The normalized spacial score (nSPS) is 17.5. The number of aliphatic hydroxyl groups is 1. The molecule has 0 saturated carbocycles. The lowest BCUT2D eigenvalue weighted by atomic mass is 9.84. The third kappa shape index (κ3) is 7.54. The Balaban J connectivity index is 1.38. The molecule has 0 bridgehead atoms. The minimum Gasteiger partial charge on any atom is -0.480 e. The van der Waals surface area contributed by atoms with E-state index in [1.807, 2.05) is 6.07 Å². The van der Waals surface area contributed by atoms with Gasteiger partial charge in [0.05, 0.1) is 5.60 Å². The van der Waals surface area contributed by atoms with Crippen LogP contribution in [0, 0.1) is 0 Å². The third-order valence-electron chi connectivity index (χ3n) is 7.09. The number of hydrogen-bond donors (Lipinski definition) is 5. The molecule has 2 aliphatic heterocycles. The summed E-state index contributed by atoms with van der Waals surface area (Å²) < 4.78 is 0. The minimum atomic E-state index is -1.44. The zero-order chi connectivity index (χ0) is 26.1. The molecule has 3 rings (SSSR count). The van der Waals surface area contributed by atoms with E-state index in [0.717, 1.165) is 43.7 Å². The second kappa shape index (κ2) is 12.9. The van der Waals surface area contributed by atoms with Crippen LogP contribution < -0.4 is 16.0 Å². The minimum absolute atomic E-state index is 0.0540. The number of aromatic nitrogens is 1. The van der Waals surface area contributed by atoms with Gasteiger partial charge in [-0.3, -0.25) is 9.59 Å². The number of fused-ring (bicyclic) bond motifs is 1. The Kier molecular flexibility index (Phi) is 9.89. The number of carbonyl (C=O) groups is 3. The Bertz CT molecular complexity index is 918. The molecular formula is C25H40N6O5. The van der Waals surface area contributed by atoms with Crippen LogP contribution in [0.5, 0.6) is 0 Å². The van der Waals surface area contributed by atoms with Crippen molar-refractivity contribution in [3.63, 3.8) is 0 Å². The van der Waals surface area contributed by atoms with Gasteiger partial charge < -0.3 is 36.0 Å². The first kappa shape index (κ1) is 27.7. The van der Waals surface area contributed by atoms with Crippen LogP contribution in [-0.2, 0) is 22.4 Å². The van der Waals surface area contributed by atoms with Crippen molar-refractivity contribution >= 4 is 23.7 Å². The summed E-state index contributed by atoms with van der Waals surface area (Å²) in [6, 6.07) is 2.84. The monoisotopic (exact) mass is 504 g/mol. The lowest BCUT2D eigenvalue weighted by Crippen LogP contribution is -2.61. The van der Waals surface area contributed by atoms with Crippen LogP contribution in [-0.4, -0.2) is 101 Å². The van der Waals surface area contributed by atoms with Gasteiger partial charge in [0.15, 0.2) is 0 Å². The Morgan fingerprint density at radius 1 is 1.22 bits per heavy atom. The van der Waals surface area contributed by atoms with Gasteiger partial charge in [0.25, 0.3) is 0 Å². The number of nitrogens with one attached hydrogen (secondary N) is 3. The van der Waals surface area contributed by atoms with Gasteiger partial charge in [-0.15, -0.1) is 0 Å². The van der Waals surface area contributed by atoms with Crippen molar-refractivity contribution in [3.8, 4) is 0 Å². The molecule has 11 heteroatoms. The van der Waals surface area contributed by atoms with E-state index in [2.05, 4.69) is 27.0 Å². The number of anilines is 1. The van der Waals surface area contributed by atoms with Gasteiger partial charge in [0.2, 0.25) is 5.91 Å². The summed E-state index contributed by atoms with van der Waals surface area (Å²) >= 11 is 0. The molecule has 1 unspecified atom stereocenters. The lowest BCUT2D eigenvalue weighted by molar-refractivity contribution is -0.150. The summed E-state index contributed by atoms with van der Waals surface area (Å²) in [5, 5.41) is 29.9. The fraction of sp³-hybridized carbons (Fsp3) is 0.680. The van der Waals surface area contributed by atoms with Crippen molar-refractivity contribution < 1.29 is 24.6 Å². The Labute approximate surface area is 212 Å². The molecule has 1 aromatic rings. The molecular weight excluding hydrogens is 464 g/mol. The maximum Gasteiger partial charge on any atom is 0.323 e. The van der Waals surface area contributed by atoms with E-state index >= 15 is 0 Å². The van der Waals surface area contributed by atoms with Crippen LogP contribution >= 0.6 is 0 Å². The Hall–Kier alpha value is -2.92. The molecule has 200 valence electrons. The average Bonchev–Trinajstić information content (AvgIpc) is 2.86.